The first kappa shape index (κ1) is 33.4. The molecular formula is C41H58N4O3. The zero-order valence-corrected chi connectivity index (χ0v) is 30.2. The fourth-order valence-electron chi connectivity index (χ4n) is 13.0. The van der Waals surface area contributed by atoms with E-state index in [0.29, 0.717) is 35.8 Å². The number of aryl methyl sites for hydroxylation is 2. The molecule has 1 heterocycles. The third-order valence-electron chi connectivity index (χ3n) is 15.5. The first-order chi connectivity index (χ1) is 22.8. The van der Waals surface area contributed by atoms with Gasteiger partial charge in [0, 0.05) is 31.0 Å². The van der Waals surface area contributed by atoms with Crippen LogP contribution in [-0.2, 0) is 6.54 Å². The van der Waals surface area contributed by atoms with Crippen molar-refractivity contribution in [2.75, 3.05) is 6.54 Å². The molecule has 1 aromatic heterocycles. The molecule has 0 radical (unpaired) electrons. The molecule has 8 atom stereocenters. The predicted molar refractivity (Wildman–Crippen MR) is 190 cm³/mol. The predicted octanol–water partition coefficient (Wildman–Crippen LogP) is 8.88. The van der Waals surface area contributed by atoms with Crippen molar-refractivity contribution in [2.24, 2.45) is 45.3 Å². The number of aromatic nitrogens is 2. The first-order valence-electron chi connectivity index (χ1n) is 18.8. The molecule has 7 heteroatoms. The van der Waals surface area contributed by atoms with Gasteiger partial charge in [-0.25, -0.2) is 14.6 Å². The maximum Gasteiger partial charge on any atom is 0.335 e. The second kappa shape index (κ2) is 11.8. The molecule has 1 aromatic carbocycles. The van der Waals surface area contributed by atoms with E-state index < -0.39 is 5.97 Å². The lowest BCUT2D eigenvalue weighted by Gasteiger charge is -2.72. The molecule has 4 fully saturated rings. The summed E-state index contributed by atoms with van der Waals surface area (Å²) in [6, 6.07) is 7.58. The molecule has 4 saturated carbocycles. The minimum absolute atomic E-state index is 0.0128. The molecule has 48 heavy (non-hydrogen) atoms. The van der Waals surface area contributed by atoms with Crippen LogP contribution in [0, 0.1) is 52.3 Å². The maximum absolute atomic E-state index is 13.4. The average Bonchev–Trinajstić information content (AvgIpc) is 3.65. The number of carboxylic acid groups (broad SMARTS) is 1. The highest BCUT2D eigenvalue weighted by Crippen LogP contribution is 2.76. The van der Waals surface area contributed by atoms with E-state index in [0.717, 1.165) is 38.1 Å². The van der Waals surface area contributed by atoms with Gasteiger partial charge in [-0.05, 0) is 140 Å². The fourth-order valence-corrected chi connectivity index (χ4v) is 13.0. The first-order valence-corrected chi connectivity index (χ1v) is 18.8. The van der Waals surface area contributed by atoms with Crippen LogP contribution in [0.25, 0.3) is 5.57 Å². The number of fused-ring (bicyclic) bond motifs is 7. The van der Waals surface area contributed by atoms with E-state index in [1.165, 1.54) is 56.1 Å². The van der Waals surface area contributed by atoms with Gasteiger partial charge in [0.05, 0.1) is 5.56 Å². The number of imidazole rings is 1. The number of rotatable bonds is 7. The number of hydrogen-bond acceptors (Lipinski definition) is 3. The number of amides is 2. The van der Waals surface area contributed by atoms with Crippen molar-refractivity contribution in [2.45, 2.75) is 124 Å². The summed E-state index contributed by atoms with van der Waals surface area (Å²) in [5.41, 5.74) is 3.62. The zero-order chi connectivity index (χ0) is 34.1. The van der Waals surface area contributed by atoms with E-state index in [-0.39, 0.29) is 33.2 Å². The Kier molecular flexibility index (Phi) is 8.19. The molecule has 7 nitrogen and oxygen atoms in total. The van der Waals surface area contributed by atoms with Crippen molar-refractivity contribution in [3.8, 4) is 0 Å². The van der Waals surface area contributed by atoms with E-state index in [4.69, 9.17) is 0 Å². The van der Waals surface area contributed by atoms with Crippen molar-refractivity contribution in [3.63, 3.8) is 0 Å². The smallest absolute Gasteiger partial charge is 0.335 e. The topological polar surface area (TPSA) is 96.3 Å². The molecule has 0 aliphatic heterocycles. The quantitative estimate of drug-likeness (QED) is 0.260. The molecule has 2 amide bonds. The Balaban J connectivity index is 1.08. The van der Waals surface area contributed by atoms with Crippen LogP contribution in [0.15, 0.2) is 42.7 Å². The third kappa shape index (κ3) is 4.99. The minimum atomic E-state index is -0.870. The summed E-state index contributed by atoms with van der Waals surface area (Å²) >= 11 is 0. The van der Waals surface area contributed by atoms with Gasteiger partial charge in [0.2, 0.25) is 0 Å². The van der Waals surface area contributed by atoms with Crippen LogP contribution in [0.4, 0.5) is 4.79 Å². The van der Waals surface area contributed by atoms with Gasteiger partial charge in [-0.2, -0.15) is 0 Å². The number of carbonyl (C=O) groups is 2. The second-order valence-electron chi connectivity index (χ2n) is 17.7. The van der Waals surface area contributed by atoms with Gasteiger partial charge in [-0.15, -0.1) is 0 Å². The zero-order valence-electron chi connectivity index (χ0n) is 30.2. The minimum Gasteiger partial charge on any atom is -0.478 e. The van der Waals surface area contributed by atoms with E-state index in [1.54, 1.807) is 12.1 Å². The Morgan fingerprint density at radius 2 is 1.69 bits per heavy atom. The van der Waals surface area contributed by atoms with Crippen LogP contribution in [0.3, 0.4) is 0 Å². The monoisotopic (exact) mass is 654 g/mol. The van der Waals surface area contributed by atoms with Crippen LogP contribution < -0.4 is 10.6 Å². The fraction of sp³-hybridized carbons (Fsp3) is 0.683. The molecule has 5 aliphatic carbocycles. The highest BCUT2D eigenvalue weighted by Gasteiger charge is 2.69. The molecule has 0 saturated heterocycles. The second-order valence-corrected chi connectivity index (χ2v) is 17.7. The summed E-state index contributed by atoms with van der Waals surface area (Å²) in [5, 5.41) is 16.3. The van der Waals surface area contributed by atoms with Gasteiger partial charge in [-0.1, -0.05) is 59.2 Å². The summed E-state index contributed by atoms with van der Waals surface area (Å²) in [6.45, 7) is 16.4. The highest BCUT2D eigenvalue weighted by molar-refractivity contribution is 5.88. The molecule has 2 aromatic rings. The number of nitrogens with zero attached hydrogens (tertiary/aromatic N) is 2. The van der Waals surface area contributed by atoms with E-state index in [2.05, 4.69) is 60.9 Å². The molecule has 0 spiro atoms. The Morgan fingerprint density at radius 3 is 2.40 bits per heavy atom. The molecular weight excluding hydrogens is 596 g/mol. The van der Waals surface area contributed by atoms with E-state index in [9.17, 15) is 14.7 Å². The van der Waals surface area contributed by atoms with Gasteiger partial charge < -0.3 is 20.3 Å². The SMILES string of the molecule is Cc1nccn1CCCNC(=O)NC12CCCC1C1CCC3C4(C)CC=C(c5ccc(C(=O)O)cc5)C(C)(C)C4CCC3(C)[C@]1(C)CC2. The summed E-state index contributed by atoms with van der Waals surface area (Å²) in [5.74, 6) is 2.60. The number of aromatic carboxylic acids is 1. The van der Waals surface area contributed by atoms with Crippen molar-refractivity contribution < 1.29 is 14.7 Å². The Labute approximate surface area is 287 Å². The number of carboxylic acids is 1. The largest absolute Gasteiger partial charge is 0.478 e. The lowest BCUT2D eigenvalue weighted by molar-refractivity contribution is -0.216. The van der Waals surface area contributed by atoms with E-state index in [1.807, 2.05) is 31.5 Å². The number of nitrogens with one attached hydrogen (secondary N) is 2. The third-order valence-corrected chi connectivity index (χ3v) is 15.5. The van der Waals surface area contributed by atoms with Gasteiger partial charge in [0.25, 0.3) is 0 Å². The van der Waals surface area contributed by atoms with Crippen molar-refractivity contribution in [1.82, 2.24) is 20.2 Å². The van der Waals surface area contributed by atoms with Crippen LogP contribution in [0.1, 0.15) is 127 Å². The van der Waals surface area contributed by atoms with Gasteiger partial charge in [0.1, 0.15) is 5.82 Å². The van der Waals surface area contributed by atoms with Crippen molar-refractivity contribution >= 4 is 17.6 Å². The molecule has 0 bridgehead atoms. The number of urea groups is 1. The van der Waals surface area contributed by atoms with Crippen LogP contribution in [0.5, 0.6) is 0 Å². The summed E-state index contributed by atoms with van der Waals surface area (Å²) < 4.78 is 2.14. The average molecular weight is 655 g/mol. The molecule has 7 rings (SSSR count). The Hall–Kier alpha value is -3.09. The van der Waals surface area contributed by atoms with Gasteiger partial charge >= 0.3 is 12.0 Å². The van der Waals surface area contributed by atoms with Crippen molar-refractivity contribution in [3.05, 3.63) is 59.7 Å². The Bertz CT molecular complexity index is 1590. The van der Waals surface area contributed by atoms with Crippen molar-refractivity contribution in [1.29, 1.82) is 0 Å². The molecule has 3 N–H and O–H groups in total. The molecule has 5 aliphatic rings. The summed E-state index contributed by atoms with van der Waals surface area (Å²) in [7, 11) is 0. The van der Waals surface area contributed by atoms with Crippen LogP contribution in [-0.4, -0.2) is 38.7 Å². The normalized spacial score (nSPS) is 38.1. The van der Waals surface area contributed by atoms with Crippen LogP contribution in [0.2, 0.25) is 0 Å². The summed E-state index contributed by atoms with van der Waals surface area (Å²) in [4.78, 5) is 29.2. The standard InChI is InChI=1S/C41H58N4O3/c1-27-42-24-26-45(27)25-8-23-43-36(48)44-41-18-7-9-32(41)31-14-15-34-38(4)19-16-30(28-10-12-29(13-11-28)35(46)47)37(2,3)33(38)17-20-40(34,6)39(31,5)21-22-41/h10-13,16,24,26,31-34H,7-9,14-15,17-23,25H2,1-6H3,(H,46,47)(H2,43,44,48)/t31?,32?,33?,34?,38?,39-,40?,41?/m1/s1. The van der Waals surface area contributed by atoms with E-state index >= 15 is 0 Å². The lowest BCUT2D eigenvalue weighted by atomic mass is 9.33. The number of benzene rings is 1. The number of allylic oxidation sites excluding steroid dienone is 2. The molecule has 260 valence electrons. The summed E-state index contributed by atoms with van der Waals surface area (Å²) in [6.07, 6.45) is 19.3. The van der Waals surface area contributed by atoms with Gasteiger partial charge in [-0.3, -0.25) is 0 Å². The molecule has 7 unspecified atom stereocenters. The maximum atomic E-state index is 13.4. The number of hydrogen-bond donors (Lipinski definition) is 3. The van der Waals surface area contributed by atoms with Crippen LogP contribution >= 0.6 is 0 Å². The highest BCUT2D eigenvalue weighted by atomic mass is 16.4. The lowest BCUT2D eigenvalue weighted by Crippen LogP contribution is -2.68. The number of carbonyl (C=O) groups excluding carboxylic acids is 1. The Morgan fingerprint density at radius 1 is 0.917 bits per heavy atom. The van der Waals surface area contributed by atoms with Gasteiger partial charge in [0.15, 0.2) is 0 Å².